The van der Waals surface area contributed by atoms with Crippen molar-refractivity contribution >= 4 is 50.0 Å². The maximum Gasteiger partial charge on any atom is 0.233 e. The molecule has 1 heterocycles. The zero-order valence-corrected chi connectivity index (χ0v) is 15.1. The molecule has 3 aromatic rings. The average molecular weight is 398 g/mol. The number of halogens is 1. The first-order valence-corrected chi connectivity index (χ1v) is 8.52. The highest BCUT2D eigenvalue weighted by atomic mass is 79.9. The standard InChI is InChI=1S/C19H16BrN3O2/c1-12-10-14(7-8-15(12)20)22-17(24)11-18(25)23-16-6-2-4-13-5-3-9-21-19(13)16/h2-10H,11H2,1H3,(H,22,24)(H,23,25). The lowest BCUT2D eigenvalue weighted by molar-refractivity contribution is -0.123. The van der Waals surface area contributed by atoms with Gasteiger partial charge < -0.3 is 10.6 Å². The van der Waals surface area contributed by atoms with E-state index >= 15 is 0 Å². The van der Waals surface area contributed by atoms with E-state index in [1.807, 2.05) is 43.3 Å². The summed E-state index contributed by atoms with van der Waals surface area (Å²) in [6.07, 6.45) is 1.40. The topological polar surface area (TPSA) is 71.1 Å². The van der Waals surface area contributed by atoms with E-state index in [1.165, 1.54) is 0 Å². The molecular formula is C19H16BrN3O2. The van der Waals surface area contributed by atoms with Gasteiger partial charge in [-0.05, 0) is 42.8 Å². The highest BCUT2D eigenvalue weighted by Crippen LogP contribution is 2.21. The molecule has 25 heavy (non-hydrogen) atoms. The van der Waals surface area contributed by atoms with Gasteiger partial charge in [-0.3, -0.25) is 14.6 Å². The van der Waals surface area contributed by atoms with Crippen molar-refractivity contribution in [1.82, 2.24) is 4.98 Å². The third kappa shape index (κ3) is 4.22. The van der Waals surface area contributed by atoms with Gasteiger partial charge in [0.25, 0.3) is 0 Å². The molecule has 2 aromatic carbocycles. The number of pyridine rings is 1. The zero-order chi connectivity index (χ0) is 17.8. The van der Waals surface area contributed by atoms with Crippen molar-refractivity contribution in [3.8, 4) is 0 Å². The van der Waals surface area contributed by atoms with Gasteiger partial charge in [0.2, 0.25) is 11.8 Å². The second kappa shape index (κ2) is 7.44. The summed E-state index contributed by atoms with van der Waals surface area (Å²) in [5, 5.41) is 6.41. The fraction of sp³-hybridized carbons (Fsp3) is 0.105. The quantitative estimate of drug-likeness (QED) is 0.645. The highest BCUT2D eigenvalue weighted by Gasteiger charge is 2.12. The molecule has 0 saturated heterocycles. The van der Waals surface area contributed by atoms with E-state index in [4.69, 9.17) is 0 Å². The summed E-state index contributed by atoms with van der Waals surface area (Å²) in [5.74, 6) is -0.753. The molecule has 3 rings (SSSR count). The van der Waals surface area contributed by atoms with Gasteiger partial charge in [-0.1, -0.05) is 34.1 Å². The Bertz CT molecular complexity index is 951. The van der Waals surface area contributed by atoms with Gasteiger partial charge >= 0.3 is 0 Å². The van der Waals surface area contributed by atoms with E-state index in [0.29, 0.717) is 16.9 Å². The normalized spacial score (nSPS) is 10.5. The van der Waals surface area contributed by atoms with Crippen LogP contribution < -0.4 is 10.6 Å². The van der Waals surface area contributed by atoms with Gasteiger partial charge in [-0.15, -0.1) is 0 Å². The molecule has 0 radical (unpaired) electrons. The Morgan fingerprint density at radius 1 is 1.04 bits per heavy atom. The predicted molar refractivity (Wildman–Crippen MR) is 102 cm³/mol. The number of nitrogens with one attached hydrogen (secondary N) is 2. The van der Waals surface area contributed by atoms with Gasteiger partial charge in [0.05, 0.1) is 11.2 Å². The first kappa shape index (κ1) is 17.1. The second-order valence-electron chi connectivity index (χ2n) is 5.62. The van der Waals surface area contributed by atoms with Crippen molar-refractivity contribution in [2.24, 2.45) is 0 Å². The lowest BCUT2D eigenvalue weighted by Gasteiger charge is -2.09. The van der Waals surface area contributed by atoms with Crippen LogP contribution in [0.3, 0.4) is 0 Å². The lowest BCUT2D eigenvalue weighted by Crippen LogP contribution is -2.21. The zero-order valence-electron chi connectivity index (χ0n) is 13.5. The predicted octanol–water partition coefficient (Wildman–Crippen LogP) is 4.27. The minimum atomic E-state index is -0.385. The Kier molecular flexibility index (Phi) is 5.09. The van der Waals surface area contributed by atoms with E-state index in [2.05, 4.69) is 31.5 Å². The number of nitrogens with zero attached hydrogens (tertiary/aromatic N) is 1. The van der Waals surface area contributed by atoms with Crippen LogP contribution in [0, 0.1) is 6.92 Å². The Balaban J connectivity index is 1.65. The van der Waals surface area contributed by atoms with Crippen LogP contribution in [0.15, 0.2) is 59.2 Å². The van der Waals surface area contributed by atoms with Gasteiger partial charge in [0.1, 0.15) is 6.42 Å². The first-order valence-electron chi connectivity index (χ1n) is 7.72. The number of carbonyl (C=O) groups excluding carboxylic acids is 2. The number of amides is 2. The maximum absolute atomic E-state index is 12.2. The molecule has 2 N–H and O–H groups in total. The molecule has 0 aliphatic rings. The number of fused-ring (bicyclic) bond motifs is 1. The van der Waals surface area contributed by atoms with Crippen LogP contribution in [0.1, 0.15) is 12.0 Å². The summed E-state index contributed by atoms with van der Waals surface area (Å²) < 4.78 is 0.965. The van der Waals surface area contributed by atoms with Crippen molar-refractivity contribution in [2.45, 2.75) is 13.3 Å². The molecule has 0 bridgehead atoms. The highest BCUT2D eigenvalue weighted by molar-refractivity contribution is 9.10. The molecule has 0 fully saturated rings. The minimum absolute atomic E-state index is 0.266. The van der Waals surface area contributed by atoms with Crippen molar-refractivity contribution in [3.05, 3.63) is 64.8 Å². The number of carbonyl (C=O) groups is 2. The Labute approximate surface area is 153 Å². The number of hydrogen-bond acceptors (Lipinski definition) is 3. The van der Waals surface area contributed by atoms with Crippen molar-refractivity contribution in [3.63, 3.8) is 0 Å². The van der Waals surface area contributed by atoms with Gasteiger partial charge in [0, 0.05) is 21.7 Å². The monoisotopic (exact) mass is 397 g/mol. The maximum atomic E-state index is 12.2. The third-order valence-corrected chi connectivity index (χ3v) is 4.56. The molecule has 0 saturated carbocycles. The van der Waals surface area contributed by atoms with Crippen LogP contribution >= 0.6 is 15.9 Å². The van der Waals surface area contributed by atoms with Gasteiger partial charge in [-0.25, -0.2) is 0 Å². The van der Waals surface area contributed by atoms with Crippen LogP contribution in [0.4, 0.5) is 11.4 Å². The summed E-state index contributed by atoms with van der Waals surface area (Å²) in [7, 11) is 0. The number of aryl methyl sites for hydroxylation is 1. The molecule has 0 aliphatic carbocycles. The molecule has 0 spiro atoms. The number of hydrogen-bond donors (Lipinski definition) is 2. The molecule has 2 amide bonds. The molecule has 6 heteroatoms. The van der Waals surface area contributed by atoms with Crippen LogP contribution in [0.2, 0.25) is 0 Å². The molecule has 5 nitrogen and oxygen atoms in total. The molecule has 0 aliphatic heterocycles. The van der Waals surface area contributed by atoms with Crippen molar-refractivity contribution < 1.29 is 9.59 Å². The number of para-hydroxylation sites is 1. The summed E-state index contributed by atoms with van der Waals surface area (Å²) in [5.41, 5.74) is 2.95. The fourth-order valence-corrected chi connectivity index (χ4v) is 2.72. The molecule has 0 atom stereocenters. The summed E-state index contributed by atoms with van der Waals surface area (Å²) >= 11 is 3.41. The van der Waals surface area contributed by atoms with E-state index in [9.17, 15) is 9.59 Å². The Morgan fingerprint density at radius 3 is 2.60 bits per heavy atom. The van der Waals surface area contributed by atoms with Crippen molar-refractivity contribution in [1.29, 1.82) is 0 Å². The average Bonchev–Trinajstić information content (AvgIpc) is 2.58. The minimum Gasteiger partial charge on any atom is -0.326 e. The second-order valence-corrected chi connectivity index (χ2v) is 6.47. The van der Waals surface area contributed by atoms with Gasteiger partial charge in [-0.2, -0.15) is 0 Å². The Morgan fingerprint density at radius 2 is 1.80 bits per heavy atom. The SMILES string of the molecule is Cc1cc(NC(=O)CC(=O)Nc2cccc3cccnc23)ccc1Br. The van der Waals surface area contributed by atoms with Crippen LogP contribution in [-0.2, 0) is 9.59 Å². The summed E-state index contributed by atoms with van der Waals surface area (Å²) in [4.78, 5) is 28.5. The molecular weight excluding hydrogens is 382 g/mol. The first-order chi connectivity index (χ1) is 12.0. The number of benzene rings is 2. The van der Waals surface area contributed by atoms with E-state index < -0.39 is 0 Å². The lowest BCUT2D eigenvalue weighted by atomic mass is 10.2. The number of aromatic nitrogens is 1. The number of rotatable bonds is 4. The largest absolute Gasteiger partial charge is 0.326 e. The summed E-state index contributed by atoms with van der Waals surface area (Å²) in [6, 6.07) is 14.7. The van der Waals surface area contributed by atoms with E-state index in [1.54, 1.807) is 18.3 Å². The third-order valence-electron chi connectivity index (χ3n) is 3.67. The smallest absolute Gasteiger partial charge is 0.233 e. The van der Waals surface area contributed by atoms with Gasteiger partial charge in [0.15, 0.2) is 0 Å². The van der Waals surface area contributed by atoms with Crippen molar-refractivity contribution in [2.75, 3.05) is 10.6 Å². The van der Waals surface area contributed by atoms with E-state index in [0.717, 1.165) is 15.4 Å². The Hall–Kier alpha value is -2.73. The molecule has 1 aromatic heterocycles. The van der Waals surface area contributed by atoms with Crippen LogP contribution in [0.5, 0.6) is 0 Å². The summed E-state index contributed by atoms with van der Waals surface area (Å²) in [6.45, 7) is 1.93. The fourth-order valence-electron chi connectivity index (χ4n) is 2.47. The van der Waals surface area contributed by atoms with Crippen LogP contribution in [0.25, 0.3) is 10.9 Å². The molecule has 0 unspecified atom stereocenters. The van der Waals surface area contributed by atoms with E-state index in [-0.39, 0.29) is 18.2 Å². The number of anilines is 2. The molecule has 126 valence electrons. The van der Waals surface area contributed by atoms with Crippen LogP contribution in [-0.4, -0.2) is 16.8 Å².